The third-order valence-electron chi connectivity index (χ3n) is 2.73. The average Bonchev–Trinajstić information content (AvgIpc) is 2.55. The van der Waals surface area contributed by atoms with Gasteiger partial charge in [0, 0.05) is 5.02 Å². The molecule has 2 N–H and O–H groups in total. The van der Waals surface area contributed by atoms with E-state index in [-0.39, 0.29) is 5.84 Å². The summed E-state index contributed by atoms with van der Waals surface area (Å²) in [7, 11) is 0. The van der Waals surface area contributed by atoms with Gasteiger partial charge in [-0.3, -0.25) is 10.7 Å². The van der Waals surface area contributed by atoms with Gasteiger partial charge in [-0.15, -0.1) is 0 Å². The van der Waals surface area contributed by atoms with Crippen LogP contribution in [0.5, 0.6) is 0 Å². The molecule has 0 heterocycles. The molecule has 0 spiro atoms. The molecule has 22 heavy (non-hydrogen) atoms. The SMILES string of the molecule is CC(=NN=Cc1ccccc1)C(=Nc1ccc(Cl)cc1)NO. The van der Waals surface area contributed by atoms with Crippen LogP contribution in [0.15, 0.2) is 69.8 Å². The van der Waals surface area contributed by atoms with E-state index in [9.17, 15) is 5.21 Å². The van der Waals surface area contributed by atoms with Gasteiger partial charge in [0.1, 0.15) is 5.71 Å². The molecule has 0 aliphatic carbocycles. The van der Waals surface area contributed by atoms with E-state index in [0.717, 1.165) is 5.56 Å². The molecular weight excluding hydrogens is 300 g/mol. The van der Waals surface area contributed by atoms with Crippen LogP contribution in [0.25, 0.3) is 0 Å². The van der Waals surface area contributed by atoms with Crippen molar-refractivity contribution in [3.8, 4) is 0 Å². The van der Waals surface area contributed by atoms with Crippen molar-refractivity contribution < 1.29 is 5.21 Å². The van der Waals surface area contributed by atoms with Crippen molar-refractivity contribution in [3.63, 3.8) is 0 Å². The van der Waals surface area contributed by atoms with Crippen LogP contribution in [-0.2, 0) is 0 Å². The monoisotopic (exact) mass is 314 g/mol. The number of aliphatic imine (C=N–C) groups is 1. The molecule has 0 atom stereocenters. The number of hydrogen-bond donors (Lipinski definition) is 2. The lowest BCUT2D eigenvalue weighted by molar-refractivity contribution is 0.236. The Morgan fingerprint density at radius 1 is 1.09 bits per heavy atom. The standard InChI is InChI=1S/C16H15ClN4O/c1-12(20-18-11-13-5-3-2-4-6-13)16(21-22)19-15-9-7-14(17)8-10-15/h2-11,22H,1H3,(H,19,21). The second kappa shape index (κ2) is 8.07. The Kier molecular flexibility index (Phi) is 5.82. The zero-order valence-corrected chi connectivity index (χ0v) is 12.7. The number of hydroxylamine groups is 1. The number of nitrogens with one attached hydrogen (secondary N) is 1. The molecule has 6 heteroatoms. The summed E-state index contributed by atoms with van der Waals surface area (Å²) in [6.07, 6.45) is 1.63. The first-order chi connectivity index (χ1) is 10.7. The number of nitrogens with zero attached hydrogens (tertiary/aromatic N) is 3. The molecule has 0 amide bonds. The van der Waals surface area contributed by atoms with Crippen molar-refractivity contribution in [2.45, 2.75) is 6.92 Å². The van der Waals surface area contributed by atoms with Gasteiger partial charge in [-0.25, -0.2) is 4.99 Å². The summed E-state index contributed by atoms with van der Waals surface area (Å²) >= 11 is 5.82. The van der Waals surface area contributed by atoms with Crippen LogP contribution < -0.4 is 5.48 Å². The summed E-state index contributed by atoms with van der Waals surface area (Å²) in [6, 6.07) is 16.5. The predicted molar refractivity (Wildman–Crippen MR) is 90.6 cm³/mol. The van der Waals surface area contributed by atoms with Gasteiger partial charge in [0.25, 0.3) is 0 Å². The molecule has 0 aromatic heterocycles. The van der Waals surface area contributed by atoms with Gasteiger partial charge in [-0.1, -0.05) is 41.9 Å². The minimum atomic E-state index is 0.215. The number of hydrogen-bond acceptors (Lipinski definition) is 4. The lowest BCUT2D eigenvalue weighted by atomic mass is 10.2. The van der Waals surface area contributed by atoms with Crippen molar-refractivity contribution in [3.05, 3.63) is 65.2 Å². The van der Waals surface area contributed by atoms with E-state index >= 15 is 0 Å². The van der Waals surface area contributed by atoms with Crippen molar-refractivity contribution in [1.82, 2.24) is 5.48 Å². The summed E-state index contributed by atoms with van der Waals surface area (Å²) < 4.78 is 0. The molecule has 2 aromatic rings. The van der Waals surface area contributed by atoms with E-state index in [0.29, 0.717) is 16.4 Å². The molecule has 0 saturated heterocycles. The maximum Gasteiger partial charge on any atom is 0.173 e. The third kappa shape index (κ3) is 4.80. The number of benzene rings is 2. The second-order valence-electron chi connectivity index (χ2n) is 4.39. The van der Waals surface area contributed by atoms with Crippen molar-refractivity contribution in [2.24, 2.45) is 15.2 Å². The molecule has 0 aliphatic heterocycles. The van der Waals surface area contributed by atoms with Crippen molar-refractivity contribution in [1.29, 1.82) is 0 Å². The molecule has 0 bridgehead atoms. The molecule has 0 unspecified atom stereocenters. The minimum absolute atomic E-state index is 0.215. The molecule has 112 valence electrons. The van der Waals surface area contributed by atoms with Crippen LogP contribution in [0.1, 0.15) is 12.5 Å². The van der Waals surface area contributed by atoms with Gasteiger partial charge in [-0.05, 0) is 36.8 Å². The Balaban J connectivity index is 2.14. The van der Waals surface area contributed by atoms with E-state index in [2.05, 4.69) is 15.2 Å². The summed E-state index contributed by atoms with van der Waals surface area (Å²) in [5.74, 6) is 0.215. The van der Waals surface area contributed by atoms with Gasteiger partial charge in [0.2, 0.25) is 0 Å². The second-order valence-corrected chi connectivity index (χ2v) is 4.83. The van der Waals surface area contributed by atoms with Crippen molar-refractivity contribution in [2.75, 3.05) is 0 Å². The lowest BCUT2D eigenvalue weighted by Gasteiger charge is -2.03. The van der Waals surface area contributed by atoms with Gasteiger partial charge in [0.05, 0.1) is 11.9 Å². The molecule has 0 aliphatic rings. The molecule has 2 aromatic carbocycles. The van der Waals surface area contributed by atoms with E-state index in [1.807, 2.05) is 35.8 Å². The number of rotatable bonds is 4. The zero-order valence-electron chi connectivity index (χ0n) is 11.9. The van der Waals surface area contributed by atoms with Gasteiger partial charge in [-0.2, -0.15) is 10.2 Å². The van der Waals surface area contributed by atoms with Crippen molar-refractivity contribution >= 4 is 35.1 Å². The van der Waals surface area contributed by atoms with Crippen LogP contribution in [-0.4, -0.2) is 23.0 Å². The summed E-state index contributed by atoms with van der Waals surface area (Å²) in [5.41, 5.74) is 4.05. The van der Waals surface area contributed by atoms with Gasteiger partial charge in [0.15, 0.2) is 5.84 Å². The van der Waals surface area contributed by atoms with Gasteiger partial charge >= 0.3 is 0 Å². The van der Waals surface area contributed by atoms with Crippen LogP contribution in [0.3, 0.4) is 0 Å². The number of amidine groups is 1. The lowest BCUT2D eigenvalue weighted by Crippen LogP contribution is -2.26. The molecule has 0 saturated carbocycles. The summed E-state index contributed by atoms with van der Waals surface area (Å²) in [4.78, 5) is 4.24. The van der Waals surface area contributed by atoms with Crippen LogP contribution in [0, 0.1) is 0 Å². The molecular formula is C16H15ClN4O. The topological polar surface area (TPSA) is 69.3 Å². The largest absolute Gasteiger partial charge is 0.290 e. The Labute approximate surface area is 133 Å². The highest BCUT2D eigenvalue weighted by atomic mass is 35.5. The first-order valence-corrected chi connectivity index (χ1v) is 6.94. The Morgan fingerprint density at radius 2 is 1.77 bits per heavy atom. The predicted octanol–water partition coefficient (Wildman–Crippen LogP) is 3.84. The fraction of sp³-hybridized carbons (Fsp3) is 0.0625. The maximum atomic E-state index is 9.19. The zero-order chi connectivity index (χ0) is 15.8. The highest BCUT2D eigenvalue weighted by Crippen LogP contribution is 2.16. The molecule has 2 rings (SSSR count). The Hall–Kier alpha value is -2.50. The Morgan fingerprint density at radius 3 is 2.41 bits per heavy atom. The minimum Gasteiger partial charge on any atom is -0.290 e. The smallest absolute Gasteiger partial charge is 0.173 e. The van der Waals surface area contributed by atoms with Crippen LogP contribution in [0.2, 0.25) is 5.02 Å². The first-order valence-electron chi connectivity index (χ1n) is 6.56. The van der Waals surface area contributed by atoms with E-state index < -0.39 is 0 Å². The Bertz CT molecular complexity index is 694. The van der Waals surface area contributed by atoms with E-state index in [1.165, 1.54) is 0 Å². The number of halogens is 1. The van der Waals surface area contributed by atoms with E-state index in [4.69, 9.17) is 11.6 Å². The van der Waals surface area contributed by atoms with Crippen LogP contribution in [0.4, 0.5) is 5.69 Å². The van der Waals surface area contributed by atoms with Gasteiger partial charge < -0.3 is 0 Å². The summed E-state index contributed by atoms with van der Waals surface area (Å²) in [6.45, 7) is 1.69. The maximum absolute atomic E-state index is 9.19. The highest BCUT2D eigenvalue weighted by Gasteiger charge is 2.02. The molecule has 0 radical (unpaired) electrons. The van der Waals surface area contributed by atoms with Crippen LogP contribution >= 0.6 is 11.6 Å². The normalized spacial score (nSPS) is 12.7. The first kappa shape index (κ1) is 15.9. The molecule has 5 nitrogen and oxygen atoms in total. The summed E-state index contributed by atoms with van der Waals surface area (Å²) in [5, 5.41) is 17.8. The van der Waals surface area contributed by atoms with E-state index in [1.54, 1.807) is 37.4 Å². The quantitative estimate of drug-likeness (QED) is 0.511. The molecule has 0 fully saturated rings. The third-order valence-corrected chi connectivity index (χ3v) is 2.98. The fourth-order valence-corrected chi connectivity index (χ4v) is 1.73. The average molecular weight is 315 g/mol. The fourth-order valence-electron chi connectivity index (χ4n) is 1.60. The highest BCUT2D eigenvalue weighted by molar-refractivity contribution is 6.40.